The van der Waals surface area contributed by atoms with Gasteiger partial charge in [0.15, 0.2) is 5.96 Å². The summed E-state index contributed by atoms with van der Waals surface area (Å²) in [6.07, 6.45) is 1.36. The van der Waals surface area contributed by atoms with Crippen LogP contribution in [0.4, 0.5) is 0 Å². The maximum absolute atomic E-state index is 9.14. The molecule has 72 valence electrons. The first-order chi connectivity index (χ1) is 5.70. The molecule has 0 heterocycles. The third kappa shape index (κ3) is 5.97. The molecule has 0 spiro atoms. The second-order valence-corrected chi connectivity index (χ2v) is 2.71. The van der Waals surface area contributed by atoms with Crippen molar-refractivity contribution in [1.29, 1.82) is 0 Å². The van der Waals surface area contributed by atoms with Gasteiger partial charge >= 0.3 is 0 Å². The third-order valence-corrected chi connectivity index (χ3v) is 1.50. The molecule has 0 saturated heterocycles. The van der Waals surface area contributed by atoms with Crippen LogP contribution in [0.25, 0.3) is 0 Å². The molecule has 1 unspecified atom stereocenters. The summed E-state index contributed by atoms with van der Waals surface area (Å²) >= 11 is 0. The van der Waals surface area contributed by atoms with Gasteiger partial charge in [-0.1, -0.05) is 13.8 Å². The number of rotatable bonds is 5. The van der Waals surface area contributed by atoms with Crippen LogP contribution < -0.4 is 11.1 Å². The summed E-state index contributed by atoms with van der Waals surface area (Å²) in [5, 5.41) is 12.1. The molecule has 0 fully saturated rings. The van der Waals surface area contributed by atoms with Gasteiger partial charge in [0.1, 0.15) is 0 Å². The highest BCUT2D eigenvalue weighted by molar-refractivity contribution is 5.77. The van der Waals surface area contributed by atoms with Gasteiger partial charge in [-0.15, -0.1) is 0 Å². The van der Waals surface area contributed by atoms with E-state index in [4.69, 9.17) is 10.8 Å². The second-order valence-electron chi connectivity index (χ2n) is 2.71. The van der Waals surface area contributed by atoms with E-state index >= 15 is 0 Å². The molecule has 0 saturated carbocycles. The molecule has 4 heteroatoms. The Morgan fingerprint density at radius 1 is 1.58 bits per heavy atom. The van der Waals surface area contributed by atoms with Crippen LogP contribution in [-0.2, 0) is 0 Å². The van der Waals surface area contributed by atoms with E-state index in [9.17, 15) is 0 Å². The maximum Gasteiger partial charge on any atom is 0.188 e. The number of aliphatic hydroxyl groups is 1. The smallest absolute Gasteiger partial charge is 0.188 e. The van der Waals surface area contributed by atoms with Crippen LogP contribution in [0, 0.1) is 0 Å². The standard InChI is InChI=1S/C8H19N3O/c1-3-5-10-8(9)11-6-7(12)4-2/h7,12H,3-6H2,1-2H3,(H3,9,10,11). The van der Waals surface area contributed by atoms with E-state index in [0.29, 0.717) is 18.9 Å². The fourth-order valence-corrected chi connectivity index (χ4v) is 0.642. The highest BCUT2D eigenvalue weighted by Crippen LogP contribution is 1.89. The molecule has 0 aliphatic heterocycles. The molecule has 0 aromatic heterocycles. The van der Waals surface area contributed by atoms with Gasteiger partial charge in [-0.3, -0.25) is 4.99 Å². The summed E-state index contributed by atoms with van der Waals surface area (Å²) in [4.78, 5) is 3.97. The van der Waals surface area contributed by atoms with Crippen molar-refractivity contribution in [3.8, 4) is 0 Å². The summed E-state index contributed by atoms with van der Waals surface area (Å²) < 4.78 is 0. The summed E-state index contributed by atoms with van der Waals surface area (Å²) in [6, 6.07) is 0. The van der Waals surface area contributed by atoms with Gasteiger partial charge in [-0.2, -0.15) is 0 Å². The van der Waals surface area contributed by atoms with Crippen molar-refractivity contribution in [3.63, 3.8) is 0 Å². The van der Waals surface area contributed by atoms with Crippen molar-refractivity contribution < 1.29 is 5.11 Å². The minimum absolute atomic E-state index is 0.369. The van der Waals surface area contributed by atoms with Crippen LogP contribution >= 0.6 is 0 Å². The SMILES string of the molecule is CCCNC(N)=NCC(O)CC. The van der Waals surface area contributed by atoms with Gasteiger partial charge in [-0.25, -0.2) is 0 Å². The highest BCUT2D eigenvalue weighted by Gasteiger charge is 1.97. The molecule has 0 amide bonds. The van der Waals surface area contributed by atoms with Crippen LogP contribution in [0.3, 0.4) is 0 Å². The van der Waals surface area contributed by atoms with Gasteiger partial charge < -0.3 is 16.2 Å². The summed E-state index contributed by atoms with van der Waals surface area (Å²) in [6.45, 7) is 5.19. The van der Waals surface area contributed by atoms with Crippen molar-refractivity contribution in [2.24, 2.45) is 10.7 Å². The molecule has 4 nitrogen and oxygen atoms in total. The first kappa shape index (κ1) is 11.2. The Labute approximate surface area is 73.9 Å². The minimum Gasteiger partial charge on any atom is -0.391 e. The average Bonchev–Trinajstić information content (AvgIpc) is 2.10. The zero-order valence-corrected chi connectivity index (χ0v) is 7.88. The molecule has 0 aliphatic carbocycles. The number of aliphatic hydroxyl groups excluding tert-OH is 1. The number of nitrogens with zero attached hydrogens (tertiary/aromatic N) is 1. The normalized spacial score (nSPS) is 14.4. The number of aliphatic imine (C=N–C) groups is 1. The minimum atomic E-state index is -0.369. The Hall–Kier alpha value is -0.770. The van der Waals surface area contributed by atoms with Crippen LogP contribution in [0.5, 0.6) is 0 Å². The zero-order chi connectivity index (χ0) is 9.40. The Morgan fingerprint density at radius 3 is 2.75 bits per heavy atom. The van der Waals surface area contributed by atoms with E-state index < -0.39 is 0 Å². The second kappa shape index (κ2) is 6.91. The molecule has 1 atom stereocenters. The Bertz CT molecular complexity index is 136. The number of hydrogen-bond acceptors (Lipinski definition) is 2. The summed E-state index contributed by atoms with van der Waals surface area (Å²) in [7, 11) is 0. The van der Waals surface area contributed by atoms with E-state index in [1.807, 2.05) is 6.92 Å². The maximum atomic E-state index is 9.14. The summed E-state index contributed by atoms with van der Waals surface area (Å²) in [5.74, 6) is 0.421. The number of hydrogen-bond donors (Lipinski definition) is 3. The monoisotopic (exact) mass is 173 g/mol. The molecule has 0 radical (unpaired) electrons. The van der Waals surface area contributed by atoms with Gasteiger partial charge in [0.25, 0.3) is 0 Å². The quantitative estimate of drug-likeness (QED) is 0.407. The molecule has 0 aromatic carbocycles. The van der Waals surface area contributed by atoms with Crippen molar-refractivity contribution >= 4 is 5.96 Å². The predicted molar refractivity (Wildman–Crippen MR) is 51.1 cm³/mol. The molecule has 0 aromatic rings. The average molecular weight is 173 g/mol. The Kier molecular flexibility index (Phi) is 6.47. The van der Waals surface area contributed by atoms with E-state index in [0.717, 1.165) is 13.0 Å². The predicted octanol–water partition coefficient (Wildman–Crippen LogP) is 0.0716. The fourth-order valence-electron chi connectivity index (χ4n) is 0.642. The van der Waals surface area contributed by atoms with Crippen LogP contribution in [-0.4, -0.2) is 30.3 Å². The van der Waals surface area contributed by atoms with Crippen molar-refractivity contribution in [3.05, 3.63) is 0 Å². The molecule has 0 bridgehead atoms. The third-order valence-electron chi connectivity index (χ3n) is 1.50. The van der Waals surface area contributed by atoms with Gasteiger partial charge in [0.05, 0.1) is 12.6 Å². The number of nitrogens with one attached hydrogen (secondary N) is 1. The summed E-state index contributed by atoms with van der Waals surface area (Å²) in [5.41, 5.74) is 5.49. The van der Waals surface area contributed by atoms with Crippen LogP contribution in [0.1, 0.15) is 26.7 Å². The first-order valence-electron chi connectivity index (χ1n) is 4.42. The van der Waals surface area contributed by atoms with E-state index in [2.05, 4.69) is 17.2 Å². The van der Waals surface area contributed by atoms with Crippen molar-refractivity contribution in [2.75, 3.05) is 13.1 Å². The number of guanidine groups is 1. The van der Waals surface area contributed by atoms with Crippen LogP contribution in [0.15, 0.2) is 4.99 Å². The van der Waals surface area contributed by atoms with Gasteiger partial charge in [-0.05, 0) is 12.8 Å². The zero-order valence-electron chi connectivity index (χ0n) is 7.88. The molecular weight excluding hydrogens is 154 g/mol. The fraction of sp³-hybridized carbons (Fsp3) is 0.875. The van der Waals surface area contributed by atoms with Crippen molar-refractivity contribution in [2.45, 2.75) is 32.8 Å². The molecule has 4 N–H and O–H groups in total. The highest BCUT2D eigenvalue weighted by atomic mass is 16.3. The lowest BCUT2D eigenvalue weighted by Crippen LogP contribution is -2.33. The molecule has 0 rings (SSSR count). The molecule has 12 heavy (non-hydrogen) atoms. The van der Waals surface area contributed by atoms with Gasteiger partial charge in [0.2, 0.25) is 0 Å². The number of nitrogens with two attached hydrogens (primary N) is 1. The lowest BCUT2D eigenvalue weighted by atomic mass is 10.3. The van der Waals surface area contributed by atoms with E-state index in [1.165, 1.54) is 0 Å². The van der Waals surface area contributed by atoms with E-state index in [-0.39, 0.29) is 6.10 Å². The van der Waals surface area contributed by atoms with Crippen LogP contribution in [0.2, 0.25) is 0 Å². The molecule has 0 aliphatic rings. The largest absolute Gasteiger partial charge is 0.391 e. The molecular formula is C8H19N3O. The van der Waals surface area contributed by atoms with Gasteiger partial charge in [0, 0.05) is 6.54 Å². The lowest BCUT2D eigenvalue weighted by Gasteiger charge is -2.05. The van der Waals surface area contributed by atoms with E-state index in [1.54, 1.807) is 0 Å². The topological polar surface area (TPSA) is 70.6 Å². The lowest BCUT2D eigenvalue weighted by molar-refractivity contribution is 0.179. The first-order valence-corrected chi connectivity index (χ1v) is 4.42. The Morgan fingerprint density at radius 2 is 2.25 bits per heavy atom. The Balaban J connectivity index is 3.53. The van der Waals surface area contributed by atoms with Crippen molar-refractivity contribution in [1.82, 2.24) is 5.32 Å².